The Hall–Kier alpha value is -3.80. The minimum Gasteiger partial charge on any atom is -0.489 e. The zero-order valence-corrected chi connectivity index (χ0v) is 16.6. The molecule has 1 N–H and O–H groups in total. The van der Waals surface area contributed by atoms with Crippen molar-refractivity contribution < 1.29 is 23.8 Å². The van der Waals surface area contributed by atoms with Crippen LogP contribution in [0.25, 0.3) is 0 Å². The van der Waals surface area contributed by atoms with Crippen LogP contribution >= 0.6 is 0 Å². The van der Waals surface area contributed by atoms with Crippen LogP contribution in [0.3, 0.4) is 0 Å². The summed E-state index contributed by atoms with van der Waals surface area (Å²) in [5.41, 5.74) is 1.65. The number of rotatable bonds is 9. The normalized spacial score (nSPS) is 11.2. The lowest BCUT2D eigenvalue weighted by Gasteiger charge is -2.14. The summed E-state index contributed by atoms with van der Waals surface area (Å²) in [5.74, 6) is 0.197. The van der Waals surface area contributed by atoms with E-state index in [4.69, 9.17) is 14.2 Å². The molecular formula is C24H23NO5. The van der Waals surface area contributed by atoms with Gasteiger partial charge in [-0.05, 0) is 48.9 Å². The summed E-state index contributed by atoms with van der Waals surface area (Å²) in [6.07, 6.45) is -0.818. The molecule has 1 atom stereocenters. The zero-order chi connectivity index (χ0) is 21.2. The molecule has 6 nitrogen and oxygen atoms in total. The second-order valence-electron chi connectivity index (χ2n) is 6.53. The van der Waals surface area contributed by atoms with Gasteiger partial charge in [0.05, 0.1) is 0 Å². The molecule has 1 amide bonds. The van der Waals surface area contributed by atoms with Crippen molar-refractivity contribution in [1.29, 1.82) is 0 Å². The molecule has 0 saturated heterocycles. The highest BCUT2D eigenvalue weighted by molar-refractivity contribution is 5.93. The van der Waals surface area contributed by atoms with Crippen molar-refractivity contribution in [3.05, 3.63) is 90.5 Å². The Morgan fingerprint density at radius 1 is 0.833 bits per heavy atom. The first-order valence-corrected chi connectivity index (χ1v) is 9.55. The highest BCUT2D eigenvalue weighted by Gasteiger charge is 2.17. The van der Waals surface area contributed by atoms with E-state index < -0.39 is 24.6 Å². The van der Waals surface area contributed by atoms with E-state index in [1.54, 1.807) is 55.5 Å². The summed E-state index contributed by atoms with van der Waals surface area (Å²) in [5, 5.41) is 2.67. The van der Waals surface area contributed by atoms with Crippen molar-refractivity contribution in [1.82, 2.24) is 0 Å². The highest BCUT2D eigenvalue weighted by Crippen LogP contribution is 2.17. The molecule has 30 heavy (non-hydrogen) atoms. The van der Waals surface area contributed by atoms with E-state index in [0.717, 1.165) is 5.56 Å². The van der Waals surface area contributed by atoms with Crippen molar-refractivity contribution in [2.45, 2.75) is 19.6 Å². The number of ether oxygens (including phenoxy) is 3. The fourth-order valence-corrected chi connectivity index (χ4v) is 2.58. The maximum Gasteiger partial charge on any atom is 0.347 e. The van der Waals surface area contributed by atoms with Crippen molar-refractivity contribution in [3.63, 3.8) is 0 Å². The van der Waals surface area contributed by atoms with Crippen molar-refractivity contribution in [3.8, 4) is 11.5 Å². The summed E-state index contributed by atoms with van der Waals surface area (Å²) >= 11 is 0. The van der Waals surface area contributed by atoms with E-state index in [-0.39, 0.29) is 0 Å². The molecular weight excluding hydrogens is 382 g/mol. The molecule has 0 aliphatic carbocycles. The molecule has 0 aliphatic heterocycles. The number of benzene rings is 3. The second kappa shape index (κ2) is 10.7. The van der Waals surface area contributed by atoms with Crippen LogP contribution in [-0.4, -0.2) is 24.6 Å². The molecule has 154 valence electrons. The molecule has 3 aromatic carbocycles. The summed E-state index contributed by atoms with van der Waals surface area (Å²) in [4.78, 5) is 24.0. The van der Waals surface area contributed by atoms with E-state index in [1.165, 1.54) is 0 Å². The number of amides is 1. The summed E-state index contributed by atoms with van der Waals surface area (Å²) < 4.78 is 16.2. The summed E-state index contributed by atoms with van der Waals surface area (Å²) in [6.45, 7) is 1.64. The quantitative estimate of drug-likeness (QED) is 0.540. The molecule has 0 unspecified atom stereocenters. The third-order valence-corrected chi connectivity index (χ3v) is 4.12. The van der Waals surface area contributed by atoms with Crippen LogP contribution in [0.4, 0.5) is 5.69 Å². The lowest BCUT2D eigenvalue weighted by Crippen LogP contribution is -2.29. The lowest BCUT2D eigenvalue weighted by atomic mass is 10.2. The Bertz CT molecular complexity index is 942. The number of nitrogens with one attached hydrogen (secondary N) is 1. The minimum absolute atomic E-state index is 0.395. The molecule has 3 aromatic rings. The topological polar surface area (TPSA) is 73.9 Å². The number of carbonyl (C=O) groups excluding carboxylic acids is 2. The average molecular weight is 405 g/mol. The first-order valence-electron chi connectivity index (χ1n) is 9.55. The van der Waals surface area contributed by atoms with Crippen LogP contribution < -0.4 is 14.8 Å². The fourth-order valence-electron chi connectivity index (χ4n) is 2.58. The summed E-state index contributed by atoms with van der Waals surface area (Å²) in [7, 11) is 0. The Labute approximate surface area is 175 Å². The second-order valence-corrected chi connectivity index (χ2v) is 6.53. The number of anilines is 1. The van der Waals surface area contributed by atoms with Crippen LogP contribution in [0.5, 0.6) is 11.5 Å². The Balaban J connectivity index is 1.40. The first-order chi connectivity index (χ1) is 14.6. The first kappa shape index (κ1) is 20.9. The smallest absolute Gasteiger partial charge is 0.347 e. The third kappa shape index (κ3) is 6.67. The van der Waals surface area contributed by atoms with Crippen LogP contribution in [0.1, 0.15) is 12.5 Å². The summed E-state index contributed by atoms with van der Waals surface area (Å²) in [6, 6.07) is 25.8. The van der Waals surface area contributed by atoms with E-state index in [1.807, 2.05) is 36.4 Å². The molecule has 3 rings (SSSR count). The standard InChI is InChI=1S/C24H23NO5/c1-18(30-22-10-6-3-7-11-22)24(27)29-17-23(26)25-20-12-14-21(15-13-20)28-16-19-8-4-2-5-9-19/h2-15,18H,16-17H2,1H3,(H,25,26)/t18-/m0/s1. The van der Waals surface area contributed by atoms with Crippen LogP contribution in [0.15, 0.2) is 84.9 Å². The van der Waals surface area contributed by atoms with E-state index in [0.29, 0.717) is 23.8 Å². The average Bonchev–Trinajstić information content (AvgIpc) is 2.78. The predicted octanol–water partition coefficient (Wildman–Crippen LogP) is 4.21. The van der Waals surface area contributed by atoms with Crippen molar-refractivity contribution >= 4 is 17.6 Å². The molecule has 0 radical (unpaired) electrons. The van der Waals surface area contributed by atoms with Crippen molar-refractivity contribution in [2.24, 2.45) is 0 Å². The van der Waals surface area contributed by atoms with Gasteiger partial charge >= 0.3 is 5.97 Å². The number of hydrogen-bond acceptors (Lipinski definition) is 5. The van der Waals surface area contributed by atoms with Gasteiger partial charge in [-0.2, -0.15) is 0 Å². The maximum atomic E-state index is 12.0. The predicted molar refractivity (Wildman–Crippen MR) is 113 cm³/mol. The van der Waals surface area contributed by atoms with Crippen LogP contribution in [0.2, 0.25) is 0 Å². The van der Waals surface area contributed by atoms with Crippen LogP contribution in [0, 0.1) is 0 Å². The van der Waals surface area contributed by atoms with Gasteiger partial charge in [-0.1, -0.05) is 48.5 Å². The number of carbonyl (C=O) groups is 2. The Morgan fingerprint density at radius 3 is 2.13 bits per heavy atom. The van der Waals surface area contributed by atoms with Gasteiger partial charge in [0.15, 0.2) is 12.7 Å². The monoisotopic (exact) mass is 405 g/mol. The molecule has 0 aromatic heterocycles. The number of para-hydroxylation sites is 1. The Kier molecular flexibility index (Phi) is 7.44. The number of esters is 1. The molecule has 0 bridgehead atoms. The molecule has 6 heteroatoms. The molecule has 0 fully saturated rings. The van der Waals surface area contributed by atoms with E-state index in [2.05, 4.69) is 5.32 Å². The largest absolute Gasteiger partial charge is 0.489 e. The van der Waals surface area contributed by atoms with Gasteiger partial charge in [0, 0.05) is 5.69 Å². The van der Waals surface area contributed by atoms with Gasteiger partial charge in [0.25, 0.3) is 5.91 Å². The molecule has 0 heterocycles. The van der Waals surface area contributed by atoms with Crippen molar-refractivity contribution in [2.75, 3.05) is 11.9 Å². The number of hydrogen-bond donors (Lipinski definition) is 1. The highest BCUT2D eigenvalue weighted by atomic mass is 16.6. The van der Waals surface area contributed by atoms with Gasteiger partial charge in [-0.3, -0.25) is 4.79 Å². The SMILES string of the molecule is C[C@H](Oc1ccccc1)C(=O)OCC(=O)Nc1ccc(OCc2ccccc2)cc1. The fraction of sp³-hybridized carbons (Fsp3) is 0.167. The van der Waals surface area contributed by atoms with E-state index in [9.17, 15) is 9.59 Å². The minimum atomic E-state index is -0.818. The third-order valence-electron chi connectivity index (χ3n) is 4.12. The zero-order valence-electron chi connectivity index (χ0n) is 16.6. The van der Waals surface area contributed by atoms with Gasteiger partial charge < -0.3 is 19.5 Å². The Morgan fingerprint density at radius 2 is 1.47 bits per heavy atom. The maximum absolute atomic E-state index is 12.0. The van der Waals surface area contributed by atoms with Crippen LogP contribution in [-0.2, 0) is 20.9 Å². The van der Waals surface area contributed by atoms with Gasteiger partial charge in [0.2, 0.25) is 0 Å². The van der Waals surface area contributed by atoms with E-state index >= 15 is 0 Å². The molecule has 0 spiro atoms. The van der Waals surface area contributed by atoms with Gasteiger partial charge in [-0.15, -0.1) is 0 Å². The van der Waals surface area contributed by atoms with Gasteiger partial charge in [-0.25, -0.2) is 4.79 Å². The van der Waals surface area contributed by atoms with Gasteiger partial charge in [0.1, 0.15) is 18.1 Å². The molecule has 0 saturated carbocycles. The molecule has 0 aliphatic rings. The lowest BCUT2D eigenvalue weighted by molar-refractivity contribution is -0.153.